The maximum absolute atomic E-state index is 12.3. The predicted molar refractivity (Wildman–Crippen MR) is 108 cm³/mol. The van der Waals surface area contributed by atoms with Crippen molar-refractivity contribution >= 4 is 5.91 Å². The number of benzene rings is 1. The molecule has 2 heterocycles. The lowest BCUT2D eigenvalue weighted by Crippen LogP contribution is -2.50. The second-order valence-corrected chi connectivity index (χ2v) is 7.37. The van der Waals surface area contributed by atoms with E-state index in [9.17, 15) is 4.79 Å². The molecule has 0 aliphatic carbocycles. The number of carbonyl (C=O) groups is 1. The van der Waals surface area contributed by atoms with Crippen LogP contribution in [-0.2, 0) is 17.8 Å². The zero-order valence-corrected chi connectivity index (χ0v) is 16.2. The highest BCUT2D eigenvalue weighted by molar-refractivity contribution is 5.78. The van der Waals surface area contributed by atoms with Gasteiger partial charge in [-0.2, -0.15) is 0 Å². The molecule has 5 nitrogen and oxygen atoms in total. The molecular weight excluding hydrogens is 336 g/mol. The molecule has 1 aromatic heterocycles. The Bertz CT molecular complexity index is 684. The predicted octanol–water partition coefficient (Wildman–Crippen LogP) is 2.34. The molecule has 144 valence electrons. The van der Waals surface area contributed by atoms with Crippen LogP contribution < -0.4 is 5.32 Å². The first kappa shape index (κ1) is 19.5. The average Bonchev–Trinajstić information content (AvgIpc) is 2.69. The minimum atomic E-state index is 0.133. The standard InChI is InChI=1S/C22H30N4O/c1-19(10-11-20-7-3-2-4-8-20)24-22(27)18-26-15-13-25(14-16-26)17-21-9-5-6-12-23-21/h2-9,12,19H,10-11,13-18H2,1H3,(H,24,27)/t19-/m1/s1. The molecule has 27 heavy (non-hydrogen) atoms. The molecule has 0 bridgehead atoms. The molecule has 1 atom stereocenters. The first-order valence-electron chi connectivity index (χ1n) is 9.87. The molecule has 1 aromatic carbocycles. The molecule has 2 aromatic rings. The fourth-order valence-electron chi connectivity index (χ4n) is 3.45. The topological polar surface area (TPSA) is 48.5 Å². The molecule has 0 saturated carbocycles. The number of carbonyl (C=O) groups excluding carboxylic acids is 1. The fourth-order valence-corrected chi connectivity index (χ4v) is 3.45. The molecule has 0 spiro atoms. The van der Waals surface area contributed by atoms with Crippen molar-refractivity contribution in [2.75, 3.05) is 32.7 Å². The number of nitrogens with zero attached hydrogens (tertiary/aromatic N) is 3. The minimum absolute atomic E-state index is 0.133. The van der Waals surface area contributed by atoms with Gasteiger partial charge in [0, 0.05) is 45.0 Å². The molecule has 1 fully saturated rings. The summed E-state index contributed by atoms with van der Waals surface area (Å²) in [6, 6.07) is 16.7. The van der Waals surface area contributed by atoms with E-state index in [4.69, 9.17) is 0 Å². The first-order chi connectivity index (χ1) is 13.2. The lowest BCUT2D eigenvalue weighted by Gasteiger charge is -2.34. The van der Waals surface area contributed by atoms with Gasteiger partial charge in [0.25, 0.3) is 0 Å². The Kier molecular flexibility index (Phi) is 7.36. The van der Waals surface area contributed by atoms with Crippen LogP contribution in [0.3, 0.4) is 0 Å². The van der Waals surface area contributed by atoms with Crippen molar-refractivity contribution < 1.29 is 4.79 Å². The number of pyridine rings is 1. The number of hydrogen-bond donors (Lipinski definition) is 1. The van der Waals surface area contributed by atoms with Crippen LogP contribution >= 0.6 is 0 Å². The normalized spacial score (nSPS) is 16.8. The smallest absolute Gasteiger partial charge is 0.234 e. The molecule has 1 N–H and O–H groups in total. The van der Waals surface area contributed by atoms with Crippen molar-refractivity contribution in [3.8, 4) is 0 Å². The van der Waals surface area contributed by atoms with Crippen LogP contribution in [0.4, 0.5) is 0 Å². The maximum atomic E-state index is 12.3. The second kappa shape index (κ2) is 10.2. The van der Waals surface area contributed by atoms with Crippen LogP contribution in [0, 0.1) is 0 Å². The van der Waals surface area contributed by atoms with Gasteiger partial charge in [-0.1, -0.05) is 36.4 Å². The van der Waals surface area contributed by atoms with E-state index >= 15 is 0 Å². The van der Waals surface area contributed by atoms with Crippen LogP contribution in [0.5, 0.6) is 0 Å². The number of piperazine rings is 1. The van der Waals surface area contributed by atoms with Crippen molar-refractivity contribution in [2.24, 2.45) is 0 Å². The average molecular weight is 367 g/mol. The molecule has 1 saturated heterocycles. The summed E-state index contributed by atoms with van der Waals surface area (Å²) in [5.74, 6) is 0.133. The van der Waals surface area contributed by atoms with Crippen molar-refractivity contribution in [1.82, 2.24) is 20.1 Å². The molecule has 0 radical (unpaired) electrons. The number of hydrogen-bond acceptors (Lipinski definition) is 4. The van der Waals surface area contributed by atoms with Gasteiger partial charge in [0.1, 0.15) is 0 Å². The molecule has 0 unspecified atom stereocenters. The fraction of sp³-hybridized carbons (Fsp3) is 0.455. The Balaban J connectivity index is 1.33. The van der Waals surface area contributed by atoms with Gasteiger partial charge >= 0.3 is 0 Å². The zero-order valence-electron chi connectivity index (χ0n) is 16.2. The number of aromatic nitrogens is 1. The van der Waals surface area contributed by atoms with Crippen LogP contribution in [-0.4, -0.2) is 59.5 Å². The third-order valence-electron chi connectivity index (χ3n) is 5.06. The van der Waals surface area contributed by atoms with E-state index < -0.39 is 0 Å². The number of rotatable bonds is 8. The van der Waals surface area contributed by atoms with Crippen molar-refractivity contribution in [2.45, 2.75) is 32.4 Å². The van der Waals surface area contributed by atoms with E-state index in [1.165, 1.54) is 5.56 Å². The van der Waals surface area contributed by atoms with Crippen molar-refractivity contribution in [1.29, 1.82) is 0 Å². The van der Waals surface area contributed by atoms with E-state index in [1.54, 1.807) is 0 Å². The van der Waals surface area contributed by atoms with E-state index in [-0.39, 0.29) is 11.9 Å². The quantitative estimate of drug-likeness (QED) is 0.779. The summed E-state index contributed by atoms with van der Waals surface area (Å²) >= 11 is 0. The van der Waals surface area contributed by atoms with Crippen LogP contribution in [0.15, 0.2) is 54.7 Å². The molecule has 1 amide bonds. The summed E-state index contributed by atoms with van der Waals surface area (Å²) in [5, 5.41) is 3.14. The highest BCUT2D eigenvalue weighted by atomic mass is 16.2. The van der Waals surface area contributed by atoms with Gasteiger partial charge in [-0.25, -0.2) is 0 Å². The number of nitrogens with one attached hydrogen (secondary N) is 1. The van der Waals surface area contributed by atoms with Gasteiger partial charge in [0.05, 0.1) is 12.2 Å². The number of amides is 1. The van der Waals surface area contributed by atoms with Gasteiger partial charge in [-0.3, -0.25) is 19.6 Å². The van der Waals surface area contributed by atoms with Gasteiger partial charge < -0.3 is 5.32 Å². The summed E-state index contributed by atoms with van der Waals surface area (Å²) in [6.07, 6.45) is 3.80. The zero-order chi connectivity index (χ0) is 18.9. The second-order valence-electron chi connectivity index (χ2n) is 7.37. The Hall–Kier alpha value is -2.24. The Labute approximate surface area is 162 Å². The molecular formula is C22H30N4O. The highest BCUT2D eigenvalue weighted by Gasteiger charge is 2.19. The molecule has 3 rings (SSSR count). The third kappa shape index (κ3) is 6.77. The van der Waals surface area contributed by atoms with Gasteiger partial charge in [0.2, 0.25) is 5.91 Å². The largest absolute Gasteiger partial charge is 0.353 e. The lowest BCUT2D eigenvalue weighted by molar-refractivity contribution is -0.123. The van der Waals surface area contributed by atoms with Crippen LogP contribution in [0.1, 0.15) is 24.6 Å². The van der Waals surface area contributed by atoms with E-state index in [2.05, 4.69) is 57.4 Å². The molecule has 5 heteroatoms. The summed E-state index contributed by atoms with van der Waals surface area (Å²) < 4.78 is 0. The van der Waals surface area contributed by atoms with E-state index in [1.807, 2.05) is 24.4 Å². The summed E-state index contributed by atoms with van der Waals surface area (Å²) in [7, 11) is 0. The van der Waals surface area contributed by atoms with E-state index in [0.717, 1.165) is 51.3 Å². The number of aryl methyl sites for hydroxylation is 1. The minimum Gasteiger partial charge on any atom is -0.353 e. The third-order valence-corrected chi connectivity index (χ3v) is 5.06. The van der Waals surface area contributed by atoms with E-state index in [0.29, 0.717) is 6.54 Å². The van der Waals surface area contributed by atoms with Crippen molar-refractivity contribution in [3.05, 3.63) is 66.0 Å². The summed E-state index contributed by atoms with van der Waals surface area (Å²) in [4.78, 5) is 21.4. The summed E-state index contributed by atoms with van der Waals surface area (Å²) in [5.41, 5.74) is 2.43. The highest BCUT2D eigenvalue weighted by Crippen LogP contribution is 2.07. The SMILES string of the molecule is C[C@H](CCc1ccccc1)NC(=O)CN1CCN(Cc2ccccn2)CC1. The van der Waals surface area contributed by atoms with Gasteiger partial charge in [-0.05, 0) is 37.5 Å². The monoisotopic (exact) mass is 366 g/mol. The lowest BCUT2D eigenvalue weighted by atomic mass is 10.1. The Morgan fingerprint density at radius 1 is 1.04 bits per heavy atom. The Morgan fingerprint density at radius 3 is 2.44 bits per heavy atom. The Morgan fingerprint density at radius 2 is 1.74 bits per heavy atom. The maximum Gasteiger partial charge on any atom is 0.234 e. The molecule has 1 aliphatic heterocycles. The summed E-state index contributed by atoms with van der Waals surface area (Å²) in [6.45, 7) is 7.29. The van der Waals surface area contributed by atoms with Crippen molar-refractivity contribution in [3.63, 3.8) is 0 Å². The van der Waals surface area contributed by atoms with Gasteiger partial charge in [0.15, 0.2) is 0 Å². The van der Waals surface area contributed by atoms with Crippen LogP contribution in [0.2, 0.25) is 0 Å². The first-order valence-corrected chi connectivity index (χ1v) is 9.87. The van der Waals surface area contributed by atoms with Crippen LogP contribution in [0.25, 0.3) is 0 Å². The molecule has 1 aliphatic rings. The van der Waals surface area contributed by atoms with Gasteiger partial charge in [-0.15, -0.1) is 0 Å².